The zero-order valence-electron chi connectivity index (χ0n) is 13.3. The van der Waals surface area contributed by atoms with Gasteiger partial charge in [0.1, 0.15) is 0 Å². The highest BCUT2D eigenvalue weighted by Crippen LogP contribution is 2.29. The Balaban J connectivity index is 1.24. The lowest BCUT2D eigenvalue weighted by Crippen LogP contribution is -2.12. The predicted octanol–water partition coefficient (Wildman–Crippen LogP) is 2.83. The molecule has 1 N–H and O–H groups in total. The van der Waals surface area contributed by atoms with Crippen LogP contribution >= 0.6 is 0 Å². The van der Waals surface area contributed by atoms with Crippen molar-refractivity contribution in [3.8, 4) is 16.9 Å². The molecule has 7 nitrogen and oxygen atoms in total. The molecule has 7 heteroatoms. The second-order valence-corrected chi connectivity index (χ2v) is 5.93. The Hall–Kier alpha value is -2.83. The molecule has 24 heavy (non-hydrogen) atoms. The summed E-state index contributed by atoms with van der Waals surface area (Å²) < 4.78 is 12.6. The summed E-state index contributed by atoms with van der Waals surface area (Å²) in [6, 6.07) is 1.92. The monoisotopic (exact) mass is 325 g/mol. The van der Waals surface area contributed by atoms with E-state index in [1.165, 1.54) is 12.8 Å². The van der Waals surface area contributed by atoms with E-state index in [1.54, 1.807) is 24.9 Å². The lowest BCUT2D eigenvalue weighted by Gasteiger charge is -2.07. The molecule has 1 aliphatic rings. The SMILES string of the molecule is c1cc(-c2cnn(CCNc3ncc(OCC4CC4)cn3)c2)co1. The smallest absolute Gasteiger partial charge is 0.222 e. The van der Waals surface area contributed by atoms with E-state index in [0.717, 1.165) is 35.9 Å². The summed E-state index contributed by atoms with van der Waals surface area (Å²) in [6.45, 7) is 2.18. The fraction of sp³-hybridized carbons (Fsp3) is 0.353. The molecule has 0 bridgehead atoms. The van der Waals surface area contributed by atoms with E-state index in [0.29, 0.717) is 12.5 Å². The van der Waals surface area contributed by atoms with Crippen molar-refractivity contribution in [1.29, 1.82) is 0 Å². The average Bonchev–Trinajstić information content (AvgIpc) is 3.08. The topological polar surface area (TPSA) is 78.0 Å². The number of nitrogens with zero attached hydrogens (tertiary/aromatic N) is 4. The van der Waals surface area contributed by atoms with Gasteiger partial charge in [-0.05, 0) is 24.8 Å². The molecule has 0 aromatic carbocycles. The van der Waals surface area contributed by atoms with Crippen molar-refractivity contribution in [2.75, 3.05) is 18.5 Å². The Morgan fingerprint density at radius 2 is 2.08 bits per heavy atom. The Bertz CT molecular complexity index is 763. The molecule has 3 aromatic heterocycles. The minimum absolute atomic E-state index is 0.594. The second kappa shape index (κ2) is 6.74. The van der Waals surface area contributed by atoms with Gasteiger partial charge in [-0.1, -0.05) is 0 Å². The first-order valence-electron chi connectivity index (χ1n) is 8.10. The third-order valence-electron chi connectivity index (χ3n) is 3.92. The highest BCUT2D eigenvalue weighted by atomic mass is 16.5. The highest BCUT2D eigenvalue weighted by molar-refractivity contribution is 5.59. The van der Waals surface area contributed by atoms with Gasteiger partial charge >= 0.3 is 0 Å². The quantitative estimate of drug-likeness (QED) is 0.686. The minimum Gasteiger partial charge on any atom is -0.490 e. The number of furan rings is 1. The van der Waals surface area contributed by atoms with Crippen molar-refractivity contribution in [1.82, 2.24) is 19.7 Å². The van der Waals surface area contributed by atoms with E-state index >= 15 is 0 Å². The van der Waals surface area contributed by atoms with Crippen molar-refractivity contribution >= 4 is 5.95 Å². The first-order valence-corrected chi connectivity index (χ1v) is 8.10. The largest absolute Gasteiger partial charge is 0.490 e. The molecule has 0 aliphatic heterocycles. The van der Waals surface area contributed by atoms with Crippen LogP contribution in [0.5, 0.6) is 5.75 Å². The summed E-state index contributed by atoms with van der Waals surface area (Å²) in [5.74, 6) is 2.05. The molecular weight excluding hydrogens is 306 g/mol. The molecule has 0 unspecified atom stereocenters. The van der Waals surface area contributed by atoms with Crippen LogP contribution in [-0.2, 0) is 6.54 Å². The maximum atomic E-state index is 5.62. The fourth-order valence-electron chi connectivity index (χ4n) is 2.33. The van der Waals surface area contributed by atoms with Crippen LogP contribution in [0.4, 0.5) is 5.95 Å². The van der Waals surface area contributed by atoms with E-state index in [-0.39, 0.29) is 0 Å². The molecule has 4 rings (SSSR count). The third-order valence-corrected chi connectivity index (χ3v) is 3.92. The van der Waals surface area contributed by atoms with Gasteiger partial charge in [-0.3, -0.25) is 4.68 Å². The normalized spacial score (nSPS) is 13.8. The lowest BCUT2D eigenvalue weighted by molar-refractivity contribution is 0.297. The van der Waals surface area contributed by atoms with Crippen LogP contribution in [-0.4, -0.2) is 32.9 Å². The molecule has 0 spiro atoms. The van der Waals surface area contributed by atoms with Gasteiger partial charge in [0.15, 0.2) is 5.75 Å². The molecular formula is C17H19N5O2. The van der Waals surface area contributed by atoms with Gasteiger partial charge in [-0.2, -0.15) is 5.10 Å². The number of ether oxygens (including phenoxy) is 1. The van der Waals surface area contributed by atoms with Crippen molar-refractivity contribution in [3.63, 3.8) is 0 Å². The number of anilines is 1. The Morgan fingerprint density at radius 1 is 1.21 bits per heavy atom. The van der Waals surface area contributed by atoms with Crippen molar-refractivity contribution < 1.29 is 9.15 Å². The lowest BCUT2D eigenvalue weighted by atomic mass is 10.2. The van der Waals surface area contributed by atoms with Crippen molar-refractivity contribution in [2.45, 2.75) is 19.4 Å². The van der Waals surface area contributed by atoms with Gasteiger partial charge in [0.2, 0.25) is 5.95 Å². The maximum Gasteiger partial charge on any atom is 0.222 e. The molecule has 0 amide bonds. The number of hydrogen-bond donors (Lipinski definition) is 1. The van der Waals surface area contributed by atoms with Crippen LogP contribution in [0.3, 0.4) is 0 Å². The van der Waals surface area contributed by atoms with E-state index in [4.69, 9.17) is 9.15 Å². The van der Waals surface area contributed by atoms with Gasteiger partial charge in [-0.25, -0.2) is 9.97 Å². The fourth-order valence-corrected chi connectivity index (χ4v) is 2.33. The molecule has 1 fully saturated rings. The van der Waals surface area contributed by atoms with Crippen molar-refractivity contribution in [3.05, 3.63) is 43.4 Å². The number of aromatic nitrogens is 4. The molecule has 0 saturated heterocycles. The minimum atomic E-state index is 0.594. The number of hydrogen-bond acceptors (Lipinski definition) is 6. The van der Waals surface area contributed by atoms with Crippen molar-refractivity contribution in [2.24, 2.45) is 5.92 Å². The average molecular weight is 325 g/mol. The van der Waals surface area contributed by atoms with Gasteiger partial charge in [0.05, 0.1) is 44.3 Å². The Kier molecular flexibility index (Phi) is 4.14. The standard InChI is InChI=1S/C17H19N5O2/c1-2-13(1)11-24-16-8-19-17(20-9-16)18-4-5-22-10-15(7-21-22)14-3-6-23-12-14/h3,6-10,12-13H,1-2,4-5,11H2,(H,18,19,20). The highest BCUT2D eigenvalue weighted by Gasteiger charge is 2.21. The summed E-state index contributed by atoms with van der Waals surface area (Å²) in [4.78, 5) is 8.53. The van der Waals surface area contributed by atoms with Crippen LogP contribution in [0.1, 0.15) is 12.8 Å². The van der Waals surface area contributed by atoms with E-state index in [9.17, 15) is 0 Å². The van der Waals surface area contributed by atoms with Gasteiger partial charge in [-0.15, -0.1) is 0 Å². The summed E-state index contributed by atoms with van der Waals surface area (Å²) in [5, 5.41) is 7.52. The number of nitrogens with one attached hydrogen (secondary N) is 1. The first kappa shape index (κ1) is 14.7. The molecule has 124 valence electrons. The van der Waals surface area contributed by atoms with Crippen LogP contribution in [0.2, 0.25) is 0 Å². The predicted molar refractivity (Wildman–Crippen MR) is 88.7 cm³/mol. The Labute approximate surface area is 139 Å². The Morgan fingerprint density at radius 3 is 2.83 bits per heavy atom. The first-order chi connectivity index (χ1) is 11.9. The summed E-state index contributed by atoms with van der Waals surface area (Å²) in [7, 11) is 0. The van der Waals surface area contributed by atoms with Gasteiger partial charge in [0, 0.05) is 23.9 Å². The molecule has 3 aromatic rings. The zero-order chi connectivity index (χ0) is 16.2. The van der Waals surface area contributed by atoms with Gasteiger partial charge in [0.25, 0.3) is 0 Å². The number of rotatable bonds is 8. The molecule has 1 saturated carbocycles. The molecule has 1 aliphatic carbocycles. The van der Waals surface area contributed by atoms with Crippen LogP contribution in [0, 0.1) is 5.92 Å². The van der Waals surface area contributed by atoms with Crippen LogP contribution in [0.15, 0.2) is 47.8 Å². The summed E-state index contributed by atoms with van der Waals surface area (Å²) in [6.07, 6.45) is 13.1. The van der Waals surface area contributed by atoms with Crippen LogP contribution < -0.4 is 10.1 Å². The summed E-state index contributed by atoms with van der Waals surface area (Å²) in [5.41, 5.74) is 2.07. The van der Waals surface area contributed by atoms with Crippen LogP contribution in [0.25, 0.3) is 11.1 Å². The third kappa shape index (κ3) is 3.73. The molecule has 0 radical (unpaired) electrons. The van der Waals surface area contributed by atoms with E-state index in [1.807, 2.05) is 23.1 Å². The van der Waals surface area contributed by atoms with E-state index < -0.39 is 0 Å². The maximum absolute atomic E-state index is 5.62. The molecule has 0 atom stereocenters. The second-order valence-electron chi connectivity index (χ2n) is 5.93. The molecule has 3 heterocycles. The van der Waals surface area contributed by atoms with E-state index in [2.05, 4.69) is 20.4 Å². The summed E-state index contributed by atoms with van der Waals surface area (Å²) >= 11 is 0. The van der Waals surface area contributed by atoms with Gasteiger partial charge < -0.3 is 14.5 Å². The zero-order valence-corrected chi connectivity index (χ0v) is 13.3.